The van der Waals surface area contributed by atoms with Crippen LogP contribution < -0.4 is 20.5 Å². The van der Waals surface area contributed by atoms with Crippen molar-refractivity contribution in [2.45, 2.75) is 19.4 Å². The number of aromatic nitrogens is 2. The lowest BCUT2D eigenvalue weighted by Gasteiger charge is -2.22. The average molecular weight is 473 g/mol. The predicted molar refractivity (Wildman–Crippen MR) is 133 cm³/mol. The maximum absolute atomic E-state index is 13.5. The van der Waals surface area contributed by atoms with Gasteiger partial charge < -0.3 is 15.0 Å². The summed E-state index contributed by atoms with van der Waals surface area (Å²) in [7, 11) is 1.60. The lowest BCUT2D eigenvalue weighted by Crippen LogP contribution is -2.30. The molecule has 178 valence electrons. The molecule has 35 heavy (non-hydrogen) atoms. The van der Waals surface area contributed by atoms with Gasteiger partial charge in [-0.3, -0.25) is 9.59 Å². The van der Waals surface area contributed by atoms with Crippen molar-refractivity contribution in [2.24, 2.45) is 0 Å². The number of ether oxygens (including phenoxy) is 1. The molecular weight excluding hydrogens is 447 g/mol. The first-order chi connectivity index (χ1) is 17.0. The number of methoxy groups -OCH3 is 1. The number of anilines is 1. The highest BCUT2D eigenvalue weighted by atomic mass is 19.1. The minimum Gasteiger partial charge on any atom is -0.497 e. The van der Waals surface area contributed by atoms with Crippen LogP contribution in [0, 0.1) is 5.82 Å². The molecule has 0 atom stereocenters. The molecule has 1 aliphatic rings. The van der Waals surface area contributed by atoms with Gasteiger partial charge in [-0.2, -0.15) is 0 Å². The number of carbonyl (C=O) groups excluding carboxylic acids is 1. The molecule has 0 aliphatic carbocycles. The summed E-state index contributed by atoms with van der Waals surface area (Å²) in [6.45, 7) is 1.90. The summed E-state index contributed by atoms with van der Waals surface area (Å²) in [5.74, 6) is 0.587. The number of nitrogens with one attached hydrogen (secondary N) is 1. The molecule has 1 fully saturated rings. The van der Waals surface area contributed by atoms with Crippen LogP contribution in [0.3, 0.4) is 0 Å². The Hall–Kier alpha value is -4.20. The summed E-state index contributed by atoms with van der Waals surface area (Å²) >= 11 is 0. The van der Waals surface area contributed by atoms with Gasteiger partial charge in [0.05, 0.1) is 23.7 Å². The molecule has 0 unspecified atom stereocenters. The van der Waals surface area contributed by atoms with Gasteiger partial charge in [0.2, 0.25) is 5.95 Å². The standard InChI is InChI=1S/C27H25FN4O3/c1-35-22-6-4-5-18(15-22)17-29-25(33)19-7-12-23-24(16-19)30-27(31-13-2-3-14-31)32(26(23)34)21-10-8-20(28)9-11-21/h4-12,15-16H,2-3,13-14,17H2,1H3,(H,29,33). The molecule has 0 saturated carbocycles. The van der Waals surface area contributed by atoms with Crippen LogP contribution in [-0.2, 0) is 6.54 Å². The molecular formula is C27H25FN4O3. The van der Waals surface area contributed by atoms with E-state index in [0.717, 1.165) is 37.2 Å². The molecule has 1 aliphatic heterocycles. The quantitative estimate of drug-likeness (QED) is 0.458. The Morgan fingerprint density at radius 3 is 2.57 bits per heavy atom. The van der Waals surface area contributed by atoms with Crippen LogP contribution in [0.4, 0.5) is 10.3 Å². The SMILES string of the molecule is COc1cccc(CNC(=O)c2ccc3c(=O)n(-c4ccc(F)cc4)c(N4CCCC4)nc3c2)c1. The Morgan fingerprint density at radius 2 is 1.83 bits per heavy atom. The number of rotatable bonds is 6. The zero-order valence-electron chi connectivity index (χ0n) is 19.3. The van der Waals surface area contributed by atoms with Crippen LogP contribution >= 0.6 is 0 Å². The fourth-order valence-electron chi connectivity index (χ4n) is 4.33. The average Bonchev–Trinajstić information content (AvgIpc) is 3.43. The fourth-order valence-corrected chi connectivity index (χ4v) is 4.33. The van der Waals surface area contributed by atoms with E-state index in [1.165, 1.54) is 16.7 Å². The molecule has 7 nitrogen and oxygen atoms in total. The van der Waals surface area contributed by atoms with E-state index in [9.17, 15) is 14.0 Å². The van der Waals surface area contributed by atoms with Crippen molar-refractivity contribution >= 4 is 22.8 Å². The van der Waals surface area contributed by atoms with Gasteiger partial charge in [0.25, 0.3) is 11.5 Å². The highest BCUT2D eigenvalue weighted by Crippen LogP contribution is 2.24. The number of fused-ring (bicyclic) bond motifs is 1. The number of nitrogens with zero attached hydrogens (tertiary/aromatic N) is 3. The van der Waals surface area contributed by atoms with Gasteiger partial charge in [-0.15, -0.1) is 0 Å². The van der Waals surface area contributed by atoms with Gasteiger partial charge in [0, 0.05) is 25.2 Å². The van der Waals surface area contributed by atoms with Crippen molar-refractivity contribution in [1.82, 2.24) is 14.9 Å². The Morgan fingerprint density at radius 1 is 1.06 bits per heavy atom. The van der Waals surface area contributed by atoms with E-state index in [1.54, 1.807) is 37.4 Å². The molecule has 8 heteroatoms. The molecule has 2 heterocycles. The van der Waals surface area contributed by atoms with Crippen LogP contribution in [0.2, 0.25) is 0 Å². The number of benzene rings is 3. The molecule has 1 aromatic heterocycles. The second-order valence-corrected chi connectivity index (χ2v) is 8.49. The third kappa shape index (κ3) is 4.59. The first kappa shape index (κ1) is 22.6. The van der Waals surface area contributed by atoms with Crippen LogP contribution in [-0.4, -0.2) is 35.7 Å². The van der Waals surface area contributed by atoms with Crippen molar-refractivity contribution in [3.63, 3.8) is 0 Å². The van der Waals surface area contributed by atoms with Crippen molar-refractivity contribution in [3.8, 4) is 11.4 Å². The number of hydrogen-bond acceptors (Lipinski definition) is 5. The summed E-state index contributed by atoms with van der Waals surface area (Å²) in [6.07, 6.45) is 2.01. The van der Waals surface area contributed by atoms with E-state index < -0.39 is 0 Å². The normalized spacial score (nSPS) is 13.3. The first-order valence-corrected chi connectivity index (χ1v) is 11.5. The molecule has 1 N–H and O–H groups in total. The zero-order chi connectivity index (χ0) is 24.4. The topological polar surface area (TPSA) is 76.5 Å². The Kier molecular flexibility index (Phi) is 6.18. The number of carbonyl (C=O) groups is 1. The molecule has 0 bridgehead atoms. The maximum Gasteiger partial charge on any atom is 0.267 e. The molecule has 5 rings (SSSR count). The third-order valence-corrected chi connectivity index (χ3v) is 6.17. The molecule has 3 aromatic carbocycles. The molecule has 0 radical (unpaired) electrons. The predicted octanol–water partition coefficient (Wildman–Crippen LogP) is 4.06. The van der Waals surface area contributed by atoms with Gasteiger partial charge in [-0.25, -0.2) is 13.9 Å². The molecule has 0 spiro atoms. The van der Waals surface area contributed by atoms with Gasteiger partial charge in [-0.05, 0) is 73.0 Å². The summed E-state index contributed by atoms with van der Waals surface area (Å²) in [5.41, 5.74) is 2.07. The second-order valence-electron chi connectivity index (χ2n) is 8.49. The van der Waals surface area contributed by atoms with E-state index in [-0.39, 0.29) is 17.3 Å². The molecule has 4 aromatic rings. The highest BCUT2D eigenvalue weighted by molar-refractivity contribution is 5.97. The molecule has 1 amide bonds. The number of halogens is 1. The monoisotopic (exact) mass is 472 g/mol. The largest absolute Gasteiger partial charge is 0.497 e. The van der Waals surface area contributed by atoms with E-state index in [0.29, 0.717) is 34.6 Å². The zero-order valence-corrected chi connectivity index (χ0v) is 19.3. The minimum atomic E-state index is -0.372. The Balaban J connectivity index is 1.50. The van der Waals surface area contributed by atoms with Gasteiger partial charge >= 0.3 is 0 Å². The number of hydrogen-bond donors (Lipinski definition) is 1. The van der Waals surface area contributed by atoms with Gasteiger partial charge in [0.15, 0.2) is 0 Å². The summed E-state index contributed by atoms with van der Waals surface area (Å²) < 4.78 is 20.3. The fraction of sp³-hybridized carbons (Fsp3) is 0.222. The van der Waals surface area contributed by atoms with E-state index in [1.807, 2.05) is 24.3 Å². The summed E-state index contributed by atoms with van der Waals surface area (Å²) in [5, 5.41) is 3.30. The lowest BCUT2D eigenvalue weighted by atomic mass is 10.1. The van der Waals surface area contributed by atoms with Crippen molar-refractivity contribution in [3.05, 3.63) is 94.0 Å². The van der Waals surface area contributed by atoms with Crippen LogP contribution in [0.5, 0.6) is 5.75 Å². The Labute approximate surface area is 201 Å². The van der Waals surface area contributed by atoms with Crippen LogP contribution in [0.25, 0.3) is 16.6 Å². The number of amides is 1. The van der Waals surface area contributed by atoms with Gasteiger partial charge in [0.1, 0.15) is 11.6 Å². The lowest BCUT2D eigenvalue weighted by molar-refractivity contribution is 0.0951. The molecule has 1 saturated heterocycles. The smallest absolute Gasteiger partial charge is 0.267 e. The first-order valence-electron chi connectivity index (χ1n) is 11.5. The van der Waals surface area contributed by atoms with Crippen LogP contribution in [0.1, 0.15) is 28.8 Å². The van der Waals surface area contributed by atoms with E-state index in [2.05, 4.69) is 10.2 Å². The second kappa shape index (κ2) is 9.58. The van der Waals surface area contributed by atoms with E-state index in [4.69, 9.17) is 9.72 Å². The van der Waals surface area contributed by atoms with Crippen molar-refractivity contribution in [1.29, 1.82) is 0 Å². The highest BCUT2D eigenvalue weighted by Gasteiger charge is 2.22. The van der Waals surface area contributed by atoms with Gasteiger partial charge in [-0.1, -0.05) is 12.1 Å². The van der Waals surface area contributed by atoms with E-state index >= 15 is 0 Å². The maximum atomic E-state index is 13.5. The summed E-state index contributed by atoms with van der Waals surface area (Å²) in [4.78, 5) is 33.3. The van der Waals surface area contributed by atoms with Crippen molar-refractivity contribution in [2.75, 3.05) is 25.1 Å². The van der Waals surface area contributed by atoms with Crippen LogP contribution in [0.15, 0.2) is 71.5 Å². The minimum absolute atomic E-state index is 0.258. The van der Waals surface area contributed by atoms with Crippen molar-refractivity contribution < 1.29 is 13.9 Å². The third-order valence-electron chi connectivity index (χ3n) is 6.17. The Bertz CT molecular complexity index is 1440. The summed E-state index contributed by atoms with van der Waals surface area (Å²) in [6, 6.07) is 18.2.